The number of aryl methyl sites for hydroxylation is 1. The number of hydrogen-bond acceptors (Lipinski definition) is 3. The Kier molecular flexibility index (Phi) is 1.45. The fourth-order valence-corrected chi connectivity index (χ4v) is 1.75. The molecule has 3 rings (SSSR count). The van der Waals surface area contributed by atoms with Gasteiger partial charge in [0.2, 0.25) is 5.52 Å². The molecule has 1 aromatic carbocycles. The van der Waals surface area contributed by atoms with Crippen molar-refractivity contribution in [2.24, 2.45) is 7.05 Å². The maximum Gasteiger partial charge on any atom is 0.250 e. The van der Waals surface area contributed by atoms with Gasteiger partial charge in [-0.1, -0.05) is 0 Å². The van der Waals surface area contributed by atoms with Gasteiger partial charge in [0.25, 0.3) is 5.52 Å². The molecule has 2 heterocycles. The first-order valence-electron chi connectivity index (χ1n) is 4.57. The van der Waals surface area contributed by atoms with Crippen LogP contribution in [0.2, 0.25) is 0 Å². The van der Waals surface area contributed by atoms with Gasteiger partial charge in [-0.25, -0.2) is 0 Å². The maximum absolute atomic E-state index is 11.7. The zero-order valence-electron chi connectivity index (χ0n) is 8.08. The summed E-state index contributed by atoms with van der Waals surface area (Å²) in [6.45, 7) is 0. The van der Waals surface area contributed by atoms with E-state index in [0.717, 1.165) is 15.7 Å². The van der Waals surface area contributed by atoms with E-state index >= 15 is 0 Å². The lowest BCUT2D eigenvalue weighted by molar-refractivity contribution is -0.672. The number of rotatable bonds is 0. The largest absolute Gasteiger partial charge is 0.692 e. The summed E-state index contributed by atoms with van der Waals surface area (Å²) >= 11 is 0. The molecule has 0 fully saturated rings. The van der Waals surface area contributed by atoms with Crippen LogP contribution in [0.3, 0.4) is 0 Å². The molecule has 0 aliphatic rings. The van der Waals surface area contributed by atoms with Crippen LogP contribution in [0.25, 0.3) is 21.9 Å². The van der Waals surface area contributed by atoms with E-state index in [2.05, 4.69) is 10.1 Å². The Morgan fingerprint density at radius 3 is 2.93 bits per heavy atom. The smallest absolute Gasteiger partial charge is 0.250 e. The molecule has 5 nitrogen and oxygen atoms in total. The first kappa shape index (κ1) is 8.16. The minimum atomic E-state index is 0.572. The predicted molar refractivity (Wildman–Crippen MR) is 55.0 cm³/mol. The summed E-state index contributed by atoms with van der Waals surface area (Å²) < 4.78 is 0. The summed E-state index contributed by atoms with van der Waals surface area (Å²) in [5, 5.41) is 16.7. The lowest BCUT2D eigenvalue weighted by Gasteiger charge is -2.00. The van der Waals surface area contributed by atoms with Crippen molar-refractivity contribution in [3.05, 3.63) is 35.7 Å². The van der Waals surface area contributed by atoms with Crippen LogP contribution >= 0.6 is 0 Å². The van der Waals surface area contributed by atoms with Crippen LogP contribution in [0.4, 0.5) is 0 Å². The molecule has 0 aliphatic carbocycles. The molecule has 0 N–H and O–H groups in total. The van der Waals surface area contributed by atoms with E-state index in [1.165, 1.54) is 4.80 Å². The van der Waals surface area contributed by atoms with Crippen LogP contribution in [0.15, 0.2) is 30.5 Å². The third kappa shape index (κ3) is 0.999. The summed E-state index contributed by atoms with van der Waals surface area (Å²) in [4.78, 5) is 6.24. The molecule has 0 saturated carbocycles. The molecule has 0 saturated heterocycles. The van der Waals surface area contributed by atoms with Gasteiger partial charge in [-0.05, 0) is 29.1 Å². The standard InChI is InChI=1S/C10H8N4O/c1-13-12-9-5-4-8-7(3-2-6-11-8)10(9)14(13)15/h2-6H,1H3. The zero-order chi connectivity index (χ0) is 10.4. The van der Waals surface area contributed by atoms with Gasteiger partial charge in [-0.3, -0.25) is 4.98 Å². The quantitative estimate of drug-likeness (QED) is 0.397. The molecule has 0 unspecified atom stereocenters. The minimum Gasteiger partial charge on any atom is -0.692 e. The lowest BCUT2D eigenvalue weighted by atomic mass is 10.2. The van der Waals surface area contributed by atoms with Crippen molar-refractivity contribution in [3.63, 3.8) is 0 Å². The van der Waals surface area contributed by atoms with Gasteiger partial charge in [0.1, 0.15) is 0 Å². The summed E-state index contributed by atoms with van der Waals surface area (Å²) in [5.74, 6) is 0. The first-order valence-corrected chi connectivity index (χ1v) is 4.57. The number of nitrogens with zero attached hydrogens (tertiary/aromatic N) is 4. The minimum absolute atomic E-state index is 0.572. The summed E-state index contributed by atoms with van der Waals surface area (Å²) in [6, 6.07) is 7.36. The second kappa shape index (κ2) is 2.66. The van der Waals surface area contributed by atoms with Crippen molar-refractivity contribution >= 4 is 21.9 Å². The topological polar surface area (TPSA) is 57.7 Å². The number of benzene rings is 1. The van der Waals surface area contributed by atoms with Gasteiger partial charge in [-0.2, -0.15) is 0 Å². The SMILES string of the molecule is Cn1nc2ccc3ncccc3c2[n+]1[O-]. The van der Waals surface area contributed by atoms with E-state index in [1.54, 1.807) is 19.3 Å². The molecule has 0 bridgehead atoms. The van der Waals surface area contributed by atoms with Crippen molar-refractivity contribution in [3.8, 4) is 0 Å². The van der Waals surface area contributed by atoms with Gasteiger partial charge in [0, 0.05) is 11.3 Å². The Hall–Kier alpha value is -2.17. The van der Waals surface area contributed by atoms with Gasteiger partial charge < -0.3 is 5.21 Å². The molecule has 5 heteroatoms. The van der Waals surface area contributed by atoms with Gasteiger partial charge in [-0.15, -0.1) is 4.85 Å². The van der Waals surface area contributed by atoms with Gasteiger partial charge in [0.15, 0.2) is 0 Å². The van der Waals surface area contributed by atoms with Crippen LogP contribution in [0.1, 0.15) is 0 Å². The Labute approximate surface area is 85.1 Å². The van der Waals surface area contributed by atoms with Crippen molar-refractivity contribution in [1.82, 2.24) is 14.9 Å². The van der Waals surface area contributed by atoms with E-state index < -0.39 is 0 Å². The fraction of sp³-hybridized carbons (Fsp3) is 0.100. The average Bonchev–Trinajstić information content (AvgIpc) is 2.55. The molecule has 2 aromatic heterocycles. The van der Waals surface area contributed by atoms with Crippen LogP contribution in [-0.2, 0) is 7.05 Å². The third-order valence-corrected chi connectivity index (χ3v) is 2.44. The van der Waals surface area contributed by atoms with E-state index in [0.29, 0.717) is 11.0 Å². The average molecular weight is 200 g/mol. The Morgan fingerprint density at radius 1 is 1.27 bits per heavy atom. The fourth-order valence-electron chi connectivity index (χ4n) is 1.75. The highest BCUT2D eigenvalue weighted by Gasteiger charge is 2.14. The lowest BCUT2D eigenvalue weighted by Crippen LogP contribution is -2.36. The van der Waals surface area contributed by atoms with E-state index in [4.69, 9.17) is 0 Å². The molecule has 0 radical (unpaired) electrons. The molecular formula is C10H8N4O. The van der Waals surface area contributed by atoms with E-state index in [1.807, 2.05) is 18.2 Å². The van der Waals surface area contributed by atoms with Crippen LogP contribution < -0.4 is 4.85 Å². The van der Waals surface area contributed by atoms with Crippen LogP contribution in [-0.4, -0.2) is 14.9 Å². The van der Waals surface area contributed by atoms with Crippen LogP contribution in [0.5, 0.6) is 0 Å². The Balaban J connectivity index is 2.63. The van der Waals surface area contributed by atoms with Gasteiger partial charge in [0.05, 0.1) is 18.0 Å². The zero-order valence-corrected chi connectivity index (χ0v) is 8.08. The summed E-state index contributed by atoms with van der Waals surface area (Å²) in [6.07, 6.45) is 1.71. The number of hydrogen-bond donors (Lipinski definition) is 0. The van der Waals surface area contributed by atoms with Crippen molar-refractivity contribution in [2.75, 3.05) is 0 Å². The third-order valence-electron chi connectivity index (χ3n) is 2.44. The Bertz CT molecular complexity index is 659. The molecule has 74 valence electrons. The van der Waals surface area contributed by atoms with Crippen molar-refractivity contribution in [2.45, 2.75) is 0 Å². The molecule has 0 atom stereocenters. The number of fused-ring (bicyclic) bond motifs is 3. The molecule has 15 heavy (non-hydrogen) atoms. The van der Waals surface area contributed by atoms with E-state index in [9.17, 15) is 5.21 Å². The van der Waals surface area contributed by atoms with Crippen molar-refractivity contribution < 1.29 is 4.85 Å². The normalized spacial score (nSPS) is 11.3. The highest BCUT2D eigenvalue weighted by atomic mass is 16.5. The second-order valence-corrected chi connectivity index (χ2v) is 3.37. The van der Waals surface area contributed by atoms with Crippen LogP contribution in [0, 0.1) is 5.21 Å². The first-order chi connectivity index (χ1) is 7.27. The van der Waals surface area contributed by atoms with Gasteiger partial charge >= 0.3 is 0 Å². The summed E-state index contributed by atoms with van der Waals surface area (Å²) in [7, 11) is 1.62. The van der Waals surface area contributed by atoms with E-state index in [-0.39, 0.29) is 0 Å². The van der Waals surface area contributed by atoms with Crippen molar-refractivity contribution in [1.29, 1.82) is 0 Å². The monoisotopic (exact) mass is 200 g/mol. The maximum atomic E-state index is 11.7. The predicted octanol–water partition coefficient (Wildman–Crippen LogP) is 0.755. The highest BCUT2D eigenvalue weighted by Crippen LogP contribution is 2.18. The number of aromatic nitrogens is 4. The molecule has 3 aromatic rings. The molecule has 0 spiro atoms. The highest BCUT2D eigenvalue weighted by molar-refractivity contribution is 6.00. The molecule has 0 amide bonds. The second-order valence-electron chi connectivity index (χ2n) is 3.37. The summed E-state index contributed by atoms with van der Waals surface area (Å²) in [5.41, 5.74) is 2.07. The molecular weight excluding hydrogens is 192 g/mol. The number of pyridine rings is 1. The Morgan fingerprint density at radius 2 is 2.07 bits per heavy atom. The molecule has 0 aliphatic heterocycles.